The Kier molecular flexibility index (Phi) is 4.66. The van der Waals surface area contributed by atoms with Gasteiger partial charge in [0.1, 0.15) is 5.82 Å². The first-order valence-electron chi connectivity index (χ1n) is 4.65. The minimum absolute atomic E-state index is 0.0656. The number of thiol groups is 1. The molecule has 1 aromatic carbocycles. The molecule has 1 nitrogen and oxygen atoms in total. The summed E-state index contributed by atoms with van der Waals surface area (Å²) >= 11 is 3.68. The Labute approximate surface area is 88.7 Å². The van der Waals surface area contributed by atoms with Gasteiger partial charge in [-0.25, -0.2) is 4.39 Å². The van der Waals surface area contributed by atoms with Crippen molar-refractivity contribution < 1.29 is 9.18 Å². The third kappa shape index (κ3) is 4.42. The summed E-state index contributed by atoms with van der Waals surface area (Å²) in [5, 5.41) is -0.0656. The lowest BCUT2D eigenvalue weighted by Gasteiger charge is -1.99. The van der Waals surface area contributed by atoms with Gasteiger partial charge in [0, 0.05) is 6.42 Å². The minimum atomic E-state index is -0.209. The third-order valence-corrected chi connectivity index (χ3v) is 2.24. The van der Waals surface area contributed by atoms with Crippen molar-refractivity contribution in [3.05, 3.63) is 35.6 Å². The van der Waals surface area contributed by atoms with Gasteiger partial charge in [0.15, 0.2) is 5.12 Å². The topological polar surface area (TPSA) is 17.1 Å². The van der Waals surface area contributed by atoms with Crippen LogP contribution in [0.1, 0.15) is 24.8 Å². The second-order valence-corrected chi connectivity index (χ2v) is 3.73. The molecule has 0 saturated heterocycles. The normalized spacial score (nSPS) is 10.1. The number of hydrogen-bond acceptors (Lipinski definition) is 1. The van der Waals surface area contributed by atoms with Crippen LogP contribution < -0.4 is 0 Å². The van der Waals surface area contributed by atoms with Crippen molar-refractivity contribution in [1.82, 2.24) is 0 Å². The van der Waals surface area contributed by atoms with Crippen molar-refractivity contribution in [3.8, 4) is 0 Å². The van der Waals surface area contributed by atoms with Crippen LogP contribution in [0, 0.1) is 5.82 Å². The predicted octanol–water partition coefficient (Wildman–Crippen LogP) is 2.99. The third-order valence-electron chi connectivity index (χ3n) is 2.02. The number of halogens is 1. The van der Waals surface area contributed by atoms with Gasteiger partial charge in [-0.2, -0.15) is 0 Å². The molecule has 0 bridgehead atoms. The van der Waals surface area contributed by atoms with E-state index in [4.69, 9.17) is 0 Å². The molecule has 0 aromatic heterocycles. The van der Waals surface area contributed by atoms with Gasteiger partial charge in [0.25, 0.3) is 0 Å². The molecule has 0 radical (unpaired) electrons. The van der Waals surface area contributed by atoms with E-state index in [1.165, 1.54) is 12.1 Å². The van der Waals surface area contributed by atoms with E-state index in [0.717, 1.165) is 24.8 Å². The summed E-state index contributed by atoms with van der Waals surface area (Å²) in [7, 11) is 0. The van der Waals surface area contributed by atoms with Crippen molar-refractivity contribution >= 4 is 17.7 Å². The molecule has 0 unspecified atom stereocenters. The minimum Gasteiger partial charge on any atom is -0.288 e. The zero-order valence-corrected chi connectivity index (χ0v) is 8.77. The molecule has 0 aliphatic carbocycles. The lowest BCUT2D eigenvalue weighted by molar-refractivity contribution is -0.110. The molecule has 0 aliphatic heterocycles. The van der Waals surface area contributed by atoms with Crippen LogP contribution in [0.4, 0.5) is 4.39 Å². The van der Waals surface area contributed by atoms with Crippen molar-refractivity contribution in [2.75, 3.05) is 0 Å². The van der Waals surface area contributed by atoms with Crippen molar-refractivity contribution in [2.45, 2.75) is 25.7 Å². The molecule has 76 valence electrons. The number of benzene rings is 1. The maximum atomic E-state index is 12.5. The van der Waals surface area contributed by atoms with Gasteiger partial charge in [-0.05, 0) is 37.0 Å². The summed E-state index contributed by atoms with van der Waals surface area (Å²) in [6.07, 6.45) is 3.20. The van der Waals surface area contributed by atoms with Gasteiger partial charge >= 0.3 is 0 Å². The van der Waals surface area contributed by atoms with Crippen LogP contribution in [-0.4, -0.2) is 5.12 Å². The predicted molar refractivity (Wildman–Crippen MR) is 57.9 cm³/mol. The maximum Gasteiger partial charge on any atom is 0.185 e. The van der Waals surface area contributed by atoms with Crippen molar-refractivity contribution in [2.24, 2.45) is 0 Å². The fraction of sp³-hybridized carbons (Fsp3) is 0.364. The highest BCUT2D eigenvalue weighted by Gasteiger charge is 1.96. The highest BCUT2D eigenvalue weighted by Crippen LogP contribution is 2.08. The largest absolute Gasteiger partial charge is 0.288 e. The zero-order chi connectivity index (χ0) is 10.4. The molecule has 14 heavy (non-hydrogen) atoms. The van der Waals surface area contributed by atoms with Crippen LogP contribution in [-0.2, 0) is 11.2 Å². The number of aryl methyl sites for hydroxylation is 1. The lowest BCUT2D eigenvalue weighted by atomic mass is 10.1. The highest BCUT2D eigenvalue weighted by atomic mass is 32.1. The second-order valence-electron chi connectivity index (χ2n) is 3.23. The number of carbonyl (C=O) groups excluding carboxylic acids is 1. The highest BCUT2D eigenvalue weighted by molar-refractivity contribution is 7.96. The average Bonchev–Trinajstić information content (AvgIpc) is 2.15. The van der Waals surface area contributed by atoms with Gasteiger partial charge < -0.3 is 0 Å². The molecule has 0 aliphatic rings. The van der Waals surface area contributed by atoms with Crippen LogP contribution in [0.25, 0.3) is 0 Å². The van der Waals surface area contributed by atoms with Crippen LogP contribution in [0.3, 0.4) is 0 Å². The summed E-state index contributed by atoms with van der Waals surface area (Å²) < 4.78 is 12.5. The van der Waals surface area contributed by atoms with Crippen molar-refractivity contribution in [3.63, 3.8) is 0 Å². The van der Waals surface area contributed by atoms with E-state index in [0.29, 0.717) is 6.42 Å². The second kappa shape index (κ2) is 5.81. The summed E-state index contributed by atoms with van der Waals surface area (Å²) in [6, 6.07) is 6.47. The molecule has 0 fully saturated rings. The van der Waals surface area contributed by atoms with Crippen LogP contribution in [0.5, 0.6) is 0 Å². The molecular weight excluding hydrogens is 199 g/mol. The molecule has 0 amide bonds. The van der Waals surface area contributed by atoms with Gasteiger partial charge in [-0.15, -0.1) is 12.6 Å². The lowest BCUT2D eigenvalue weighted by Crippen LogP contribution is -1.89. The molecule has 0 spiro atoms. The quantitative estimate of drug-likeness (QED) is 0.586. The molecule has 0 N–H and O–H groups in total. The van der Waals surface area contributed by atoms with E-state index >= 15 is 0 Å². The van der Waals surface area contributed by atoms with E-state index < -0.39 is 0 Å². The number of hydrogen-bond donors (Lipinski definition) is 1. The summed E-state index contributed by atoms with van der Waals surface area (Å²) in [5.41, 5.74) is 1.11. The molecule has 0 heterocycles. The van der Waals surface area contributed by atoms with E-state index in [1.54, 1.807) is 12.1 Å². The Hall–Kier alpha value is -0.830. The molecule has 0 saturated carbocycles. The monoisotopic (exact) mass is 212 g/mol. The van der Waals surface area contributed by atoms with E-state index in [-0.39, 0.29) is 10.9 Å². The Morgan fingerprint density at radius 3 is 2.43 bits per heavy atom. The molecule has 1 aromatic rings. The maximum absolute atomic E-state index is 12.5. The van der Waals surface area contributed by atoms with E-state index in [1.807, 2.05) is 0 Å². The SMILES string of the molecule is O=C(S)CCCCc1ccc(F)cc1. The first-order valence-corrected chi connectivity index (χ1v) is 5.09. The van der Waals surface area contributed by atoms with Crippen LogP contribution >= 0.6 is 12.6 Å². The van der Waals surface area contributed by atoms with Crippen LogP contribution in [0.2, 0.25) is 0 Å². The Balaban J connectivity index is 2.25. The van der Waals surface area contributed by atoms with Gasteiger partial charge in [-0.3, -0.25) is 4.79 Å². The molecular formula is C11H13FOS. The molecule has 3 heteroatoms. The van der Waals surface area contributed by atoms with Crippen molar-refractivity contribution in [1.29, 1.82) is 0 Å². The number of carbonyl (C=O) groups is 1. The van der Waals surface area contributed by atoms with Gasteiger partial charge in [0.2, 0.25) is 0 Å². The zero-order valence-electron chi connectivity index (χ0n) is 7.87. The summed E-state index contributed by atoms with van der Waals surface area (Å²) in [6.45, 7) is 0. The fourth-order valence-electron chi connectivity index (χ4n) is 1.26. The average molecular weight is 212 g/mol. The Morgan fingerprint density at radius 2 is 1.86 bits per heavy atom. The van der Waals surface area contributed by atoms with Gasteiger partial charge in [0.05, 0.1) is 0 Å². The van der Waals surface area contributed by atoms with E-state index in [9.17, 15) is 9.18 Å². The standard InChI is InChI=1S/C11H13FOS/c12-10-7-5-9(6-8-10)3-1-2-4-11(13)14/h5-8H,1-4H2,(H,13,14). The number of rotatable bonds is 5. The Bertz CT molecular complexity index is 295. The Morgan fingerprint density at radius 1 is 1.21 bits per heavy atom. The molecule has 0 atom stereocenters. The first-order chi connectivity index (χ1) is 6.68. The number of unbranched alkanes of at least 4 members (excludes halogenated alkanes) is 1. The molecule has 1 rings (SSSR count). The van der Waals surface area contributed by atoms with Gasteiger partial charge in [-0.1, -0.05) is 12.1 Å². The van der Waals surface area contributed by atoms with Crippen LogP contribution in [0.15, 0.2) is 24.3 Å². The first kappa shape index (κ1) is 11.2. The summed E-state index contributed by atoms with van der Waals surface area (Å²) in [4.78, 5) is 10.5. The summed E-state index contributed by atoms with van der Waals surface area (Å²) in [5.74, 6) is -0.209. The van der Waals surface area contributed by atoms with E-state index in [2.05, 4.69) is 12.6 Å². The smallest absolute Gasteiger partial charge is 0.185 e. The fourth-order valence-corrected chi connectivity index (χ4v) is 1.41.